The smallest absolute Gasteiger partial charge is 0.402 e. The lowest BCUT2D eigenvalue weighted by Crippen LogP contribution is -2.23. The van der Waals surface area contributed by atoms with Crippen LogP contribution in [0.5, 0.6) is 0 Å². The molecule has 0 bridgehead atoms. The molecule has 0 aliphatic heterocycles. The number of hydrogen-bond donors (Lipinski definition) is 0. The Hall–Kier alpha value is -3.82. The maximum absolute atomic E-state index is 12.9. The third-order valence-corrected chi connectivity index (χ3v) is 4.66. The number of alkyl halides is 6. The molecule has 0 spiro atoms. The van der Waals surface area contributed by atoms with Crippen molar-refractivity contribution in [2.24, 2.45) is 0 Å². The summed E-state index contributed by atoms with van der Waals surface area (Å²) in [6.07, 6.45) is -8.77. The van der Waals surface area contributed by atoms with E-state index in [-0.39, 0.29) is 33.4 Å². The van der Waals surface area contributed by atoms with E-state index in [9.17, 15) is 35.9 Å². The summed E-state index contributed by atoms with van der Waals surface area (Å²) in [5.74, 6) is -4.20. The summed E-state index contributed by atoms with van der Waals surface area (Å²) in [5.41, 5.74) is -0.0384. The van der Waals surface area contributed by atoms with Gasteiger partial charge in [0.15, 0.2) is 11.5 Å². The average molecular weight is 452 g/mol. The first-order valence-electron chi connectivity index (χ1n) is 8.92. The van der Waals surface area contributed by atoms with E-state index >= 15 is 0 Å². The predicted octanol–water partition coefficient (Wildman–Crippen LogP) is 5.83. The van der Waals surface area contributed by atoms with Gasteiger partial charge in [0.05, 0.1) is 0 Å². The summed E-state index contributed by atoms with van der Waals surface area (Å²) >= 11 is 0. The number of carbonyl (C=O) groups is 2. The van der Waals surface area contributed by atoms with E-state index in [0.29, 0.717) is 0 Å². The fraction of sp³-hybridized carbons (Fsp3) is 0.0909. The molecule has 2 aromatic carbocycles. The van der Waals surface area contributed by atoms with Crippen LogP contribution in [0.3, 0.4) is 0 Å². The van der Waals surface area contributed by atoms with Gasteiger partial charge in [-0.05, 0) is 34.4 Å². The highest BCUT2D eigenvalue weighted by Gasteiger charge is 2.39. The van der Waals surface area contributed by atoms with Crippen LogP contribution < -0.4 is 0 Å². The highest BCUT2D eigenvalue weighted by molar-refractivity contribution is 6.22. The second-order valence-electron chi connectivity index (χ2n) is 6.69. The van der Waals surface area contributed by atoms with E-state index in [0.717, 1.165) is 12.2 Å². The molecule has 0 N–H and O–H groups in total. The van der Waals surface area contributed by atoms with Crippen molar-refractivity contribution in [3.63, 3.8) is 0 Å². The maximum Gasteiger partial charge on any atom is 0.573 e. The first-order valence-corrected chi connectivity index (χ1v) is 8.92. The number of hydrogen-bond acceptors (Lipinski definition) is 4. The van der Waals surface area contributed by atoms with E-state index in [1.807, 2.05) is 0 Å². The van der Waals surface area contributed by atoms with Gasteiger partial charge in [-0.3, -0.25) is 9.59 Å². The normalized spacial score (nSPS) is 18.4. The van der Waals surface area contributed by atoms with Gasteiger partial charge < -0.3 is 9.47 Å². The van der Waals surface area contributed by atoms with Gasteiger partial charge in [-0.1, -0.05) is 48.5 Å². The molecule has 10 heteroatoms. The van der Waals surface area contributed by atoms with Crippen molar-refractivity contribution in [1.29, 1.82) is 0 Å². The van der Waals surface area contributed by atoms with Gasteiger partial charge >= 0.3 is 12.7 Å². The molecule has 0 fully saturated rings. The molecule has 2 aliphatic rings. The average Bonchev–Trinajstić information content (AvgIpc) is 2.71. The van der Waals surface area contributed by atoms with Crippen LogP contribution in [0.4, 0.5) is 26.3 Å². The predicted molar refractivity (Wildman–Crippen MR) is 98.8 cm³/mol. The molecule has 0 saturated heterocycles. The molecule has 0 aromatic heterocycles. The largest absolute Gasteiger partial charge is 0.573 e. The Labute approximate surface area is 176 Å². The third-order valence-electron chi connectivity index (χ3n) is 4.66. The van der Waals surface area contributed by atoms with Crippen molar-refractivity contribution in [3.05, 3.63) is 94.5 Å². The minimum Gasteiger partial charge on any atom is -0.402 e. The number of Topliss-reactive ketones (excluding diaryl/α,β-unsaturated/α-hetero) is 2. The molecular weight excluding hydrogens is 442 g/mol. The zero-order valence-corrected chi connectivity index (χ0v) is 15.7. The van der Waals surface area contributed by atoms with Crippen molar-refractivity contribution in [2.75, 3.05) is 0 Å². The van der Waals surface area contributed by atoms with Crippen LogP contribution in [0.2, 0.25) is 0 Å². The van der Waals surface area contributed by atoms with Crippen LogP contribution in [0.1, 0.15) is 31.8 Å². The summed E-state index contributed by atoms with van der Waals surface area (Å²) in [5, 5.41) is 0. The standard InChI is InChI=1S/C22H10F6O4/c23-21(24,25)31-17-9-15(11-5-1-3-7-13(11)19(17)29)16-10-18(32-22(26,27)28)20(30)14-8-4-2-6-12(14)16/h1-10H. The van der Waals surface area contributed by atoms with Crippen LogP contribution in [0.15, 0.2) is 72.2 Å². The highest BCUT2D eigenvalue weighted by atomic mass is 19.4. The van der Waals surface area contributed by atoms with Gasteiger partial charge in [-0.25, -0.2) is 0 Å². The highest BCUT2D eigenvalue weighted by Crippen LogP contribution is 2.41. The van der Waals surface area contributed by atoms with Gasteiger partial charge in [0.25, 0.3) is 0 Å². The van der Waals surface area contributed by atoms with Gasteiger partial charge in [0.2, 0.25) is 11.6 Å². The quantitative estimate of drug-likeness (QED) is 0.538. The molecule has 0 atom stereocenters. The van der Waals surface area contributed by atoms with Crippen LogP contribution in [0, 0.1) is 0 Å². The molecule has 2 aromatic rings. The first-order chi connectivity index (χ1) is 14.9. The van der Waals surface area contributed by atoms with Gasteiger partial charge in [0.1, 0.15) is 0 Å². The van der Waals surface area contributed by atoms with Crippen molar-refractivity contribution < 1.29 is 45.4 Å². The number of halogens is 6. The Balaban J connectivity index is 2.02. The van der Waals surface area contributed by atoms with E-state index in [1.54, 1.807) is 0 Å². The third kappa shape index (κ3) is 4.03. The lowest BCUT2D eigenvalue weighted by Gasteiger charge is -2.25. The molecule has 0 saturated carbocycles. The van der Waals surface area contributed by atoms with Gasteiger partial charge in [0, 0.05) is 11.1 Å². The number of allylic oxidation sites excluding steroid dienone is 6. The summed E-state index contributed by atoms with van der Waals surface area (Å²) in [6.45, 7) is 0. The summed E-state index contributed by atoms with van der Waals surface area (Å²) in [4.78, 5) is 25.0. The van der Waals surface area contributed by atoms with Gasteiger partial charge in [-0.15, -0.1) is 26.3 Å². The number of fused-ring (bicyclic) bond motifs is 2. The second kappa shape index (κ2) is 7.40. The fourth-order valence-corrected chi connectivity index (χ4v) is 3.49. The van der Waals surface area contributed by atoms with E-state index in [2.05, 4.69) is 9.47 Å². The van der Waals surface area contributed by atoms with Crippen molar-refractivity contribution in [1.82, 2.24) is 0 Å². The Morgan fingerprint density at radius 1 is 0.531 bits per heavy atom. The minimum absolute atomic E-state index is 0.0392. The van der Waals surface area contributed by atoms with Crippen molar-refractivity contribution >= 4 is 22.7 Å². The molecule has 4 nitrogen and oxygen atoms in total. The molecule has 0 heterocycles. The second-order valence-corrected chi connectivity index (χ2v) is 6.69. The first kappa shape index (κ1) is 21.4. The van der Waals surface area contributed by atoms with Crippen molar-refractivity contribution in [2.45, 2.75) is 12.7 Å². The Morgan fingerprint density at radius 3 is 1.16 bits per heavy atom. The number of rotatable bonds is 2. The van der Waals surface area contributed by atoms with Crippen molar-refractivity contribution in [3.8, 4) is 0 Å². The fourth-order valence-electron chi connectivity index (χ4n) is 3.49. The molecule has 0 unspecified atom stereocenters. The summed E-state index contributed by atoms with van der Waals surface area (Å²) < 4.78 is 84.9. The lowest BCUT2D eigenvalue weighted by molar-refractivity contribution is -0.303. The molecule has 0 radical (unpaired) electrons. The van der Waals surface area contributed by atoms with Crippen LogP contribution in [-0.2, 0) is 9.47 Å². The summed E-state index contributed by atoms with van der Waals surface area (Å²) in [6, 6.07) is 11.2. The van der Waals surface area contributed by atoms with E-state index in [1.165, 1.54) is 48.5 Å². The minimum atomic E-state index is -5.18. The van der Waals surface area contributed by atoms with Crippen LogP contribution >= 0.6 is 0 Å². The Kier molecular flexibility index (Phi) is 4.95. The molecular formula is C22H10F6O4. The van der Waals surface area contributed by atoms with Crippen LogP contribution in [-0.4, -0.2) is 24.3 Å². The molecule has 32 heavy (non-hydrogen) atoms. The molecule has 2 aliphatic carbocycles. The molecule has 164 valence electrons. The van der Waals surface area contributed by atoms with Gasteiger partial charge in [-0.2, -0.15) is 0 Å². The number of ketones is 2. The molecule has 4 rings (SSSR count). The Morgan fingerprint density at radius 2 is 0.844 bits per heavy atom. The zero-order valence-electron chi connectivity index (χ0n) is 15.7. The van der Waals surface area contributed by atoms with E-state index < -0.39 is 35.8 Å². The number of carbonyl (C=O) groups excluding carboxylic acids is 2. The zero-order chi connectivity index (χ0) is 23.3. The summed E-state index contributed by atoms with van der Waals surface area (Å²) in [7, 11) is 0. The SMILES string of the molecule is O=C1C(OC(F)(F)F)=CC(=C2C=C(OC(F)(F)F)C(=O)c3ccccc32)c2ccccc21. The Bertz CT molecular complexity index is 1140. The number of benzene rings is 2. The monoisotopic (exact) mass is 452 g/mol. The number of ether oxygens (including phenoxy) is 2. The van der Waals surface area contributed by atoms with Crippen LogP contribution in [0.25, 0.3) is 11.1 Å². The topological polar surface area (TPSA) is 52.6 Å². The molecule has 0 amide bonds. The lowest BCUT2D eigenvalue weighted by atomic mass is 9.82. The van der Waals surface area contributed by atoms with E-state index in [4.69, 9.17) is 0 Å². The maximum atomic E-state index is 12.9.